The summed E-state index contributed by atoms with van der Waals surface area (Å²) >= 11 is 0. The van der Waals surface area contributed by atoms with Crippen LogP contribution >= 0.6 is 0 Å². The van der Waals surface area contributed by atoms with Gasteiger partial charge in [0.05, 0.1) is 29.7 Å². The number of aryl methyl sites for hydroxylation is 1. The Morgan fingerprint density at radius 3 is 2.73 bits per heavy atom. The molecule has 1 unspecified atom stereocenters. The second-order valence-electron chi connectivity index (χ2n) is 11.1. The summed E-state index contributed by atoms with van der Waals surface area (Å²) in [4.78, 5) is 22.8. The van der Waals surface area contributed by atoms with Gasteiger partial charge in [-0.25, -0.2) is 19.2 Å². The molecule has 6 rings (SSSR count). The molecule has 4 aromatic rings. The van der Waals surface area contributed by atoms with Crippen LogP contribution in [0.5, 0.6) is 5.88 Å². The summed E-state index contributed by atoms with van der Waals surface area (Å²) in [5.41, 5.74) is 5.78. The van der Waals surface area contributed by atoms with E-state index in [0.717, 1.165) is 59.2 Å². The number of nitrogens with zero attached hydrogens (tertiary/aromatic N) is 4. The van der Waals surface area contributed by atoms with Gasteiger partial charge in [-0.2, -0.15) is 9.65 Å². The van der Waals surface area contributed by atoms with Gasteiger partial charge in [-0.3, -0.25) is 0 Å². The summed E-state index contributed by atoms with van der Waals surface area (Å²) in [6.07, 6.45) is 3.14. The Kier molecular flexibility index (Phi) is 6.89. The lowest BCUT2D eigenvalue weighted by Gasteiger charge is -2.37. The molecule has 41 heavy (non-hydrogen) atoms. The highest BCUT2D eigenvalue weighted by atomic mass is 19.1. The van der Waals surface area contributed by atoms with E-state index < -0.39 is 5.95 Å². The smallest absolute Gasteiger partial charge is 0.422 e. The Labute approximate surface area is 238 Å². The standard InChI is InChI=1S/C32H31FN6O2/c1-21-25(5-4-24-6-8-29(41-2)38-30(21)24)19-39(31(40)37-18-23-9-12-36-28(33)16-23)20-32(10-13-35-14-11-32)26-15-22(17-34)3-7-27(26)39/h3-9,12,15-16,35H,10-11,13-14,18-20H2,1-2H3/p+1. The number of piperidine rings is 1. The van der Waals surface area contributed by atoms with E-state index >= 15 is 0 Å². The van der Waals surface area contributed by atoms with Gasteiger partial charge in [0.2, 0.25) is 11.8 Å². The molecule has 8 nitrogen and oxygen atoms in total. The number of nitriles is 1. The van der Waals surface area contributed by atoms with E-state index in [9.17, 15) is 14.4 Å². The number of benzene rings is 2. The largest absolute Gasteiger partial charge is 0.481 e. The van der Waals surface area contributed by atoms with Crippen LogP contribution < -0.4 is 19.9 Å². The molecule has 2 aromatic carbocycles. The molecular weight excluding hydrogens is 519 g/mol. The lowest BCUT2D eigenvalue weighted by molar-refractivity contribution is 0.180. The second-order valence-corrected chi connectivity index (χ2v) is 11.1. The Balaban J connectivity index is 1.48. The molecule has 2 amide bonds. The normalized spacial score (nSPS) is 19.1. The predicted molar refractivity (Wildman–Crippen MR) is 155 cm³/mol. The summed E-state index contributed by atoms with van der Waals surface area (Å²) < 4.78 is 19.3. The zero-order valence-corrected chi connectivity index (χ0v) is 23.2. The van der Waals surface area contributed by atoms with Crippen molar-refractivity contribution in [2.45, 2.75) is 38.3 Å². The Morgan fingerprint density at radius 1 is 1.17 bits per heavy atom. The number of carbonyl (C=O) groups excluding carboxylic acids is 1. The number of ether oxygens (including phenoxy) is 1. The monoisotopic (exact) mass is 551 g/mol. The molecule has 1 saturated heterocycles. The Hall–Kier alpha value is -4.39. The first-order valence-corrected chi connectivity index (χ1v) is 13.8. The van der Waals surface area contributed by atoms with Crippen LogP contribution in [0, 0.1) is 24.2 Å². The number of amides is 2. The van der Waals surface area contributed by atoms with Gasteiger partial charge in [0.25, 0.3) is 0 Å². The van der Waals surface area contributed by atoms with Crippen molar-refractivity contribution in [3.05, 3.63) is 94.6 Å². The van der Waals surface area contributed by atoms with Crippen molar-refractivity contribution in [1.29, 1.82) is 5.26 Å². The molecule has 0 aliphatic carbocycles. The highest BCUT2D eigenvalue weighted by Crippen LogP contribution is 2.51. The topological polar surface area (TPSA) is 99.9 Å². The van der Waals surface area contributed by atoms with Crippen LogP contribution in [-0.2, 0) is 18.5 Å². The van der Waals surface area contributed by atoms with E-state index in [-0.39, 0.29) is 22.5 Å². The van der Waals surface area contributed by atoms with Crippen LogP contribution in [0.1, 0.15) is 40.7 Å². The van der Waals surface area contributed by atoms with E-state index in [1.165, 1.54) is 12.3 Å². The van der Waals surface area contributed by atoms with Gasteiger partial charge in [-0.05, 0) is 74.3 Å². The highest BCUT2D eigenvalue weighted by Gasteiger charge is 2.57. The van der Waals surface area contributed by atoms with Gasteiger partial charge < -0.3 is 15.4 Å². The van der Waals surface area contributed by atoms with Gasteiger partial charge in [0, 0.05) is 41.4 Å². The first-order chi connectivity index (χ1) is 19.9. The third-order valence-electron chi connectivity index (χ3n) is 8.77. The van der Waals surface area contributed by atoms with Crippen molar-refractivity contribution in [2.75, 3.05) is 26.7 Å². The van der Waals surface area contributed by atoms with Crippen LogP contribution in [0.15, 0.2) is 60.8 Å². The lowest BCUT2D eigenvalue weighted by Crippen LogP contribution is -2.60. The van der Waals surface area contributed by atoms with Crippen molar-refractivity contribution in [3.63, 3.8) is 0 Å². The molecule has 2 aromatic heterocycles. The number of pyridine rings is 2. The first-order valence-electron chi connectivity index (χ1n) is 13.8. The van der Waals surface area contributed by atoms with Gasteiger partial charge in [-0.1, -0.05) is 12.1 Å². The van der Waals surface area contributed by atoms with Crippen LogP contribution in [0.2, 0.25) is 0 Å². The number of quaternary nitrogens is 1. The maximum Gasteiger partial charge on any atom is 0.422 e. The highest BCUT2D eigenvalue weighted by molar-refractivity contribution is 5.91. The van der Waals surface area contributed by atoms with E-state index in [0.29, 0.717) is 30.1 Å². The third kappa shape index (κ3) is 4.69. The molecule has 4 heterocycles. The number of hydrogen-bond donors (Lipinski definition) is 2. The maximum absolute atomic E-state index is 14.5. The number of nitrogens with one attached hydrogen (secondary N) is 2. The number of rotatable bonds is 5. The summed E-state index contributed by atoms with van der Waals surface area (Å²) in [7, 11) is 1.60. The minimum Gasteiger partial charge on any atom is -0.481 e. The summed E-state index contributed by atoms with van der Waals surface area (Å²) in [5.74, 6) is -0.0484. The second kappa shape index (κ2) is 10.5. The van der Waals surface area contributed by atoms with Crippen LogP contribution in [-0.4, -0.2) is 42.7 Å². The van der Waals surface area contributed by atoms with Crippen molar-refractivity contribution in [1.82, 2.24) is 25.1 Å². The van der Waals surface area contributed by atoms with Crippen LogP contribution in [0.25, 0.3) is 10.9 Å². The van der Waals surface area contributed by atoms with Crippen LogP contribution in [0.3, 0.4) is 0 Å². The van der Waals surface area contributed by atoms with Crippen molar-refractivity contribution in [2.24, 2.45) is 0 Å². The third-order valence-corrected chi connectivity index (χ3v) is 8.77. The number of aromatic nitrogens is 2. The fraction of sp³-hybridized carbons (Fsp3) is 0.312. The van der Waals surface area contributed by atoms with Gasteiger partial charge >= 0.3 is 6.03 Å². The number of urea groups is 1. The molecule has 0 bridgehead atoms. The van der Waals surface area contributed by atoms with E-state index in [2.05, 4.69) is 27.8 Å². The average Bonchev–Trinajstić information content (AvgIpc) is 3.26. The van der Waals surface area contributed by atoms with Gasteiger partial charge in [0.1, 0.15) is 18.8 Å². The summed E-state index contributed by atoms with van der Waals surface area (Å²) in [6, 6.07) is 18.8. The zero-order chi connectivity index (χ0) is 28.6. The average molecular weight is 552 g/mol. The van der Waals surface area contributed by atoms with Crippen LogP contribution in [0.4, 0.5) is 14.9 Å². The molecule has 2 aliphatic heterocycles. The minimum absolute atomic E-state index is 0.0466. The number of halogens is 1. The zero-order valence-electron chi connectivity index (χ0n) is 23.2. The number of hydrogen-bond acceptors (Lipinski definition) is 6. The molecule has 0 radical (unpaired) electrons. The number of carbonyl (C=O) groups is 1. The van der Waals surface area contributed by atoms with E-state index in [1.54, 1.807) is 19.2 Å². The summed E-state index contributed by atoms with van der Waals surface area (Å²) in [6.45, 7) is 4.87. The Bertz CT molecular complexity index is 1690. The van der Waals surface area contributed by atoms with Crippen molar-refractivity contribution >= 4 is 22.6 Å². The van der Waals surface area contributed by atoms with Gasteiger partial charge in [-0.15, -0.1) is 0 Å². The van der Waals surface area contributed by atoms with E-state index in [4.69, 9.17) is 9.72 Å². The fourth-order valence-corrected chi connectivity index (χ4v) is 6.63. The molecule has 9 heteroatoms. The molecule has 1 atom stereocenters. The SMILES string of the molecule is COc1ccc2ccc(C[N+]3(C(=O)NCc4ccnc(F)c4)CC4(CCNCC4)c4cc(C#N)ccc43)c(C)c2n1. The number of fused-ring (bicyclic) bond motifs is 3. The van der Waals surface area contributed by atoms with Crippen molar-refractivity contribution < 1.29 is 13.9 Å². The molecule has 208 valence electrons. The lowest BCUT2D eigenvalue weighted by atomic mass is 9.74. The molecule has 1 spiro atoms. The molecule has 2 N–H and O–H groups in total. The maximum atomic E-state index is 14.5. The quantitative estimate of drug-likeness (QED) is 0.267. The summed E-state index contributed by atoms with van der Waals surface area (Å²) in [5, 5.41) is 17.3. The molecular formula is C32H32FN6O2+. The van der Waals surface area contributed by atoms with Crippen molar-refractivity contribution in [3.8, 4) is 11.9 Å². The first kappa shape index (κ1) is 26.8. The van der Waals surface area contributed by atoms with E-state index in [1.807, 2.05) is 37.3 Å². The fourth-order valence-electron chi connectivity index (χ4n) is 6.63. The molecule has 0 saturated carbocycles. The predicted octanol–water partition coefficient (Wildman–Crippen LogP) is 5.01. The molecule has 2 aliphatic rings. The molecule has 1 fully saturated rings. The Morgan fingerprint density at radius 2 is 1.98 bits per heavy atom. The van der Waals surface area contributed by atoms with Gasteiger partial charge in [0.15, 0.2) is 0 Å². The minimum atomic E-state index is -0.584. The number of methoxy groups -OCH3 is 1.